The third kappa shape index (κ3) is 1.92. The summed E-state index contributed by atoms with van der Waals surface area (Å²) in [4.78, 5) is 12.5. The van der Waals surface area contributed by atoms with Gasteiger partial charge in [-0.25, -0.2) is 18.3 Å². The monoisotopic (exact) mass is 291 g/mol. The van der Waals surface area contributed by atoms with E-state index in [1.54, 1.807) is 9.25 Å². The van der Waals surface area contributed by atoms with Gasteiger partial charge in [-0.15, -0.1) is 0 Å². The van der Waals surface area contributed by atoms with E-state index in [4.69, 9.17) is 0 Å². The number of halogens is 2. The van der Waals surface area contributed by atoms with Gasteiger partial charge < -0.3 is 0 Å². The maximum absolute atomic E-state index is 13.4. The van der Waals surface area contributed by atoms with Crippen LogP contribution in [0, 0.1) is 11.6 Å². The van der Waals surface area contributed by atoms with Crippen molar-refractivity contribution in [2.24, 2.45) is 0 Å². The summed E-state index contributed by atoms with van der Waals surface area (Å²) in [6.45, 7) is 0. The van der Waals surface area contributed by atoms with Crippen molar-refractivity contribution in [3.63, 3.8) is 0 Å². The summed E-state index contributed by atoms with van der Waals surface area (Å²) in [6, 6.07) is 3.33. The van der Waals surface area contributed by atoms with Gasteiger partial charge in [0, 0.05) is 12.5 Å². The van der Waals surface area contributed by atoms with Gasteiger partial charge in [-0.1, -0.05) is 0 Å². The van der Waals surface area contributed by atoms with Crippen molar-refractivity contribution in [3.8, 4) is 0 Å². The second kappa shape index (κ2) is 4.51. The molecule has 1 saturated carbocycles. The van der Waals surface area contributed by atoms with Crippen LogP contribution < -0.4 is 5.69 Å². The Hall–Kier alpha value is -1.98. The first-order valence-corrected chi connectivity index (χ1v) is 7.29. The van der Waals surface area contributed by atoms with Crippen LogP contribution in [-0.2, 0) is 6.42 Å². The van der Waals surface area contributed by atoms with Crippen molar-refractivity contribution < 1.29 is 8.78 Å². The Morgan fingerprint density at radius 1 is 1.10 bits per heavy atom. The maximum atomic E-state index is 13.4. The van der Waals surface area contributed by atoms with Gasteiger partial charge in [0.15, 0.2) is 0 Å². The highest BCUT2D eigenvalue weighted by Gasteiger charge is 2.32. The minimum atomic E-state index is -0.613. The highest BCUT2D eigenvalue weighted by molar-refractivity contribution is 5.24. The number of benzene rings is 1. The fourth-order valence-corrected chi connectivity index (χ4v) is 3.27. The molecule has 2 aliphatic rings. The number of nitrogens with zero attached hydrogens (tertiary/aromatic N) is 3. The third-order valence-corrected chi connectivity index (χ3v) is 4.55. The van der Waals surface area contributed by atoms with E-state index < -0.39 is 11.6 Å². The van der Waals surface area contributed by atoms with Gasteiger partial charge >= 0.3 is 5.69 Å². The smallest absolute Gasteiger partial charge is 0.271 e. The Morgan fingerprint density at radius 3 is 2.43 bits per heavy atom. The molecule has 0 radical (unpaired) electrons. The minimum Gasteiger partial charge on any atom is -0.271 e. The third-order valence-electron chi connectivity index (χ3n) is 4.55. The number of hydrogen-bond acceptors (Lipinski definition) is 2. The lowest BCUT2D eigenvalue weighted by Crippen LogP contribution is -2.32. The Bertz CT molecular complexity index is 741. The summed E-state index contributed by atoms with van der Waals surface area (Å²) in [7, 11) is 0. The molecule has 1 unspecified atom stereocenters. The molecular formula is C15H15F2N3O. The number of fused-ring (bicyclic) bond motifs is 1. The normalized spacial score (nSPS) is 21.3. The first kappa shape index (κ1) is 12.7. The molecule has 1 aromatic carbocycles. The summed E-state index contributed by atoms with van der Waals surface area (Å²) < 4.78 is 30.0. The molecule has 1 atom stereocenters. The Kier molecular flexibility index (Phi) is 2.74. The van der Waals surface area contributed by atoms with E-state index in [2.05, 4.69) is 5.10 Å². The highest BCUT2D eigenvalue weighted by Crippen LogP contribution is 2.33. The molecule has 110 valence electrons. The maximum Gasteiger partial charge on any atom is 0.346 e. The summed E-state index contributed by atoms with van der Waals surface area (Å²) in [5.74, 6) is -0.502. The first-order valence-electron chi connectivity index (χ1n) is 7.29. The van der Waals surface area contributed by atoms with Crippen LogP contribution in [0.15, 0.2) is 23.0 Å². The molecule has 0 N–H and O–H groups in total. The van der Waals surface area contributed by atoms with E-state index in [-0.39, 0.29) is 17.8 Å². The second-order valence-electron chi connectivity index (χ2n) is 5.86. The second-order valence-corrected chi connectivity index (χ2v) is 5.86. The van der Waals surface area contributed by atoms with Crippen molar-refractivity contribution in [2.45, 2.75) is 44.2 Å². The first-order chi connectivity index (χ1) is 10.1. The molecule has 21 heavy (non-hydrogen) atoms. The lowest BCUT2D eigenvalue weighted by atomic mass is 9.93. The summed E-state index contributed by atoms with van der Waals surface area (Å²) in [5, 5.41) is 4.41. The van der Waals surface area contributed by atoms with Crippen LogP contribution >= 0.6 is 0 Å². The van der Waals surface area contributed by atoms with Gasteiger partial charge in [0.2, 0.25) is 0 Å². The topological polar surface area (TPSA) is 39.8 Å². The van der Waals surface area contributed by atoms with Crippen molar-refractivity contribution >= 4 is 0 Å². The molecule has 4 nitrogen and oxygen atoms in total. The summed E-state index contributed by atoms with van der Waals surface area (Å²) in [5.41, 5.74) is 0.350. The quantitative estimate of drug-likeness (QED) is 0.853. The van der Waals surface area contributed by atoms with E-state index >= 15 is 0 Å². The largest absolute Gasteiger partial charge is 0.346 e. The molecule has 0 amide bonds. The van der Waals surface area contributed by atoms with E-state index in [1.165, 1.54) is 12.1 Å². The Balaban J connectivity index is 1.78. The van der Waals surface area contributed by atoms with Crippen LogP contribution in [0.4, 0.5) is 8.78 Å². The molecular weight excluding hydrogens is 276 g/mol. The van der Waals surface area contributed by atoms with Gasteiger partial charge in [-0.2, -0.15) is 5.10 Å². The number of rotatable bonds is 2. The van der Waals surface area contributed by atoms with Crippen molar-refractivity contribution in [1.82, 2.24) is 14.3 Å². The van der Waals surface area contributed by atoms with Crippen LogP contribution in [0.5, 0.6) is 0 Å². The van der Waals surface area contributed by atoms with E-state index in [9.17, 15) is 13.6 Å². The Labute approximate surface area is 120 Å². The lowest BCUT2D eigenvalue weighted by molar-refractivity contribution is 0.277. The van der Waals surface area contributed by atoms with Crippen molar-refractivity contribution in [3.05, 3.63) is 51.7 Å². The summed E-state index contributed by atoms with van der Waals surface area (Å²) >= 11 is 0. The van der Waals surface area contributed by atoms with E-state index in [0.29, 0.717) is 18.4 Å². The van der Waals surface area contributed by atoms with E-state index in [0.717, 1.165) is 31.2 Å². The number of aromatic nitrogens is 3. The molecule has 1 fully saturated rings. The zero-order valence-corrected chi connectivity index (χ0v) is 11.4. The van der Waals surface area contributed by atoms with Gasteiger partial charge in [-0.05, 0) is 43.4 Å². The molecule has 2 heterocycles. The van der Waals surface area contributed by atoms with Gasteiger partial charge in [-0.3, -0.25) is 4.57 Å². The molecule has 2 aromatic rings. The molecule has 0 saturated heterocycles. The highest BCUT2D eigenvalue weighted by atomic mass is 19.1. The number of aryl methyl sites for hydroxylation is 1. The Morgan fingerprint density at radius 2 is 1.81 bits per heavy atom. The average Bonchev–Trinajstić information content (AvgIpc) is 2.89. The standard InChI is InChI=1S/C15H15F2N3O/c16-10-6-9(7-11(17)8-10)13-4-5-14-18-20(12-2-1-3-12)15(21)19(13)14/h6-8,12-13H,1-5H2. The molecule has 1 aliphatic heterocycles. The fraction of sp³-hybridized carbons (Fsp3) is 0.467. The van der Waals surface area contributed by atoms with E-state index in [1.807, 2.05) is 0 Å². The van der Waals surface area contributed by atoms with Crippen molar-refractivity contribution in [2.75, 3.05) is 0 Å². The molecule has 1 aliphatic carbocycles. The molecule has 4 rings (SSSR count). The molecule has 1 aromatic heterocycles. The minimum absolute atomic E-state index is 0.151. The average molecular weight is 291 g/mol. The predicted octanol–water partition coefficient (Wildman–Crippen LogP) is 2.58. The van der Waals surface area contributed by atoms with Crippen LogP contribution in [0.25, 0.3) is 0 Å². The SMILES string of the molecule is O=c1n(C2CCC2)nc2n1C(c1cc(F)cc(F)c1)CC2. The van der Waals surface area contributed by atoms with Gasteiger partial charge in [0.05, 0.1) is 12.1 Å². The zero-order chi connectivity index (χ0) is 14.6. The molecule has 6 heteroatoms. The molecule has 0 bridgehead atoms. The van der Waals surface area contributed by atoms with Crippen molar-refractivity contribution in [1.29, 1.82) is 0 Å². The predicted molar refractivity (Wildman–Crippen MR) is 72.2 cm³/mol. The molecule has 0 spiro atoms. The number of hydrogen-bond donors (Lipinski definition) is 0. The van der Waals surface area contributed by atoms with Crippen LogP contribution in [0.1, 0.15) is 49.2 Å². The van der Waals surface area contributed by atoms with Crippen LogP contribution in [0.3, 0.4) is 0 Å². The van der Waals surface area contributed by atoms with Crippen LogP contribution in [0.2, 0.25) is 0 Å². The lowest BCUT2D eigenvalue weighted by Gasteiger charge is -2.24. The fourth-order valence-electron chi connectivity index (χ4n) is 3.27. The zero-order valence-electron chi connectivity index (χ0n) is 11.4. The van der Waals surface area contributed by atoms with Gasteiger partial charge in [0.25, 0.3) is 0 Å². The van der Waals surface area contributed by atoms with Gasteiger partial charge in [0.1, 0.15) is 17.5 Å². The van der Waals surface area contributed by atoms with Crippen LogP contribution in [-0.4, -0.2) is 14.3 Å². The summed E-state index contributed by atoms with van der Waals surface area (Å²) in [6.07, 6.45) is 4.41.